The van der Waals surface area contributed by atoms with E-state index in [1.54, 1.807) is 13.0 Å². The van der Waals surface area contributed by atoms with E-state index in [4.69, 9.17) is 14.2 Å². The lowest BCUT2D eigenvalue weighted by molar-refractivity contribution is -0.319. The van der Waals surface area contributed by atoms with Crippen molar-refractivity contribution in [1.82, 2.24) is 0 Å². The summed E-state index contributed by atoms with van der Waals surface area (Å²) in [4.78, 5) is 11.8. The SMILES string of the molecule is C[C@H]1O[C@@H](OC2CCC3(C)C4CCC5(C)C(C6=CC(=O)OC6)CCC5(O)C4CCC3(O)C2)[C@H](O)[C@@H](O)[C@H]1O. The summed E-state index contributed by atoms with van der Waals surface area (Å²) in [6.45, 7) is 6.33. The van der Waals surface area contributed by atoms with E-state index >= 15 is 0 Å². The van der Waals surface area contributed by atoms with Crippen LogP contribution in [0.3, 0.4) is 0 Å². The molecule has 6 rings (SSSR count). The Kier molecular flexibility index (Phi) is 6.40. The first-order chi connectivity index (χ1) is 17.8. The predicted molar refractivity (Wildman–Crippen MR) is 134 cm³/mol. The van der Waals surface area contributed by atoms with E-state index in [2.05, 4.69) is 13.8 Å². The average molecular weight is 537 g/mol. The molecule has 4 aliphatic carbocycles. The van der Waals surface area contributed by atoms with Crippen molar-refractivity contribution >= 4 is 5.97 Å². The third-order valence-electron chi connectivity index (χ3n) is 12.2. The van der Waals surface area contributed by atoms with Crippen LogP contribution >= 0.6 is 0 Å². The number of aliphatic hydroxyl groups is 5. The van der Waals surface area contributed by atoms with Crippen LogP contribution in [0.1, 0.15) is 78.6 Å². The number of cyclic esters (lactones) is 1. The molecule has 0 aromatic heterocycles. The molecule has 2 aliphatic heterocycles. The van der Waals surface area contributed by atoms with Crippen LogP contribution in [0.4, 0.5) is 0 Å². The molecular weight excluding hydrogens is 492 g/mol. The quantitative estimate of drug-likeness (QED) is 0.268. The van der Waals surface area contributed by atoms with Gasteiger partial charge >= 0.3 is 5.97 Å². The van der Waals surface area contributed by atoms with Crippen LogP contribution < -0.4 is 0 Å². The molecule has 0 spiro atoms. The second-order valence-electron chi connectivity index (χ2n) is 13.7. The molecule has 6 aliphatic rings. The van der Waals surface area contributed by atoms with E-state index < -0.39 is 41.9 Å². The largest absolute Gasteiger partial charge is 0.458 e. The van der Waals surface area contributed by atoms with Gasteiger partial charge in [-0.25, -0.2) is 4.79 Å². The van der Waals surface area contributed by atoms with E-state index in [0.717, 1.165) is 37.7 Å². The Labute approximate surface area is 224 Å². The fourth-order valence-corrected chi connectivity index (χ4v) is 9.80. The molecule has 2 heterocycles. The topological polar surface area (TPSA) is 146 Å². The van der Waals surface area contributed by atoms with Crippen molar-refractivity contribution in [2.75, 3.05) is 6.61 Å². The number of carbonyl (C=O) groups excluding carboxylic acids is 1. The maximum Gasteiger partial charge on any atom is 0.331 e. The summed E-state index contributed by atoms with van der Waals surface area (Å²) in [5.74, 6) is 0.0978. The van der Waals surface area contributed by atoms with E-state index in [0.29, 0.717) is 32.3 Å². The van der Waals surface area contributed by atoms with Gasteiger partial charge in [0.2, 0.25) is 0 Å². The summed E-state index contributed by atoms with van der Waals surface area (Å²) in [5.41, 5.74) is -1.51. The van der Waals surface area contributed by atoms with Crippen LogP contribution in [0, 0.1) is 28.6 Å². The lowest BCUT2D eigenvalue weighted by atomic mass is 9.42. The van der Waals surface area contributed by atoms with Gasteiger partial charge in [-0.2, -0.15) is 0 Å². The summed E-state index contributed by atoms with van der Waals surface area (Å²) < 4.78 is 17.0. The van der Waals surface area contributed by atoms with Crippen molar-refractivity contribution in [2.45, 2.75) is 127 Å². The zero-order chi connectivity index (χ0) is 27.3. The maximum absolute atomic E-state index is 12.4. The summed E-state index contributed by atoms with van der Waals surface area (Å²) in [6.07, 6.45) is 2.01. The Morgan fingerprint density at radius 1 is 0.895 bits per heavy atom. The minimum absolute atomic E-state index is 0.0774. The minimum Gasteiger partial charge on any atom is -0.458 e. The summed E-state index contributed by atoms with van der Waals surface area (Å²) >= 11 is 0. The molecule has 0 bridgehead atoms. The summed E-state index contributed by atoms with van der Waals surface area (Å²) in [7, 11) is 0. The van der Waals surface area contributed by atoms with E-state index in [-0.39, 0.29) is 40.7 Å². The van der Waals surface area contributed by atoms with Crippen LogP contribution in [0.25, 0.3) is 0 Å². The Bertz CT molecular complexity index is 1000. The molecule has 0 aromatic rings. The van der Waals surface area contributed by atoms with Gasteiger partial charge in [-0.1, -0.05) is 13.8 Å². The average Bonchev–Trinajstić information content (AvgIpc) is 3.41. The third-order valence-corrected chi connectivity index (χ3v) is 12.2. The van der Waals surface area contributed by atoms with Gasteiger partial charge in [0.15, 0.2) is 6.29 Å². The number of hydrogen-bond acceptors (Lipinski definition) is 9. The first-order valence-electron chi connectivity index (χ1n) is 14.5. The lowest BCUT2D eigenvalue weighted by Crippen LogP contribution is -2.67. The van der Waals surface area contributed by atoms with Gasteiger partial charge in [0.1, 0.15) is 24.9 Å². The van der Waals surface area contributed by atoms with Crippen molar-refractivity contribution in [1.29, 1.82) is 0 Å². The summed E-state index contributed by atoms with van der Waals surface area (Å²) in [6, 6.07) is 0. The fraction of sp³-hybridized carbons (Fsp3) is 0.897. The van der Waals surface area contributed by atoms with Gasteiger partial charge in [0, 0.05) is 17.9 Å². The van der Waals surface area contributed by atoms with Gasteiger partial charge in [-0.3, -0.25) is 0 Å². The molecule has 4 saturated carbocycles. The highest BCUT2D eigenvalue weighted by Crippen LogP contribution is 2.70. The molecule has 38 heavy (non-hydrogen) atoms. The van der Waals surface area contributed by atoms with Crippen molar-refractivity contribution in [3.63, 3.8) is 0 Å². The number of esters is 1. The Morgan fingerprint density at radius 3 is 2.32 bits per heavy atom. The molecule has 9 heteroatoms. The highest BCUT2D eigenvalue weighted by atomic mass is 16.7. The Hall–Kier alpha value is -1.07. The number of hydrogen-bond donors (Lipinski definition) is 5. The zero-order valence-corrected chi connectivity index (χ0v) is 22.7. The van der Waals surface area contributed by atoms with Crippen LogP contribution in [-0.2, 0) is 19.0 Å². The second-order valence-corrected chi connectivity index (χ2v) is 13.7. The third kappa shape index (κ3) is 3.65. The van der Waals surface area contributed by atoms with Crippen LogP contribution in [0.5, 0.6) is 0 Å². The molecule has 1 saturated heterocycles. The van der Waals surface area contributed by atoms with Crippen LogP contribution in [0.15, 0.2) is 11.6 Å². The molecule has 0 aromatic carbocycles. The molecule has 9 nitrogen and oxygen atoms in total. The zero-order valence-electron chi connectivity index (χ0n) is 22.7. The van der Waals surface area contributed by atoms with Crippen LogP contribution in [-0.4, -0.2) is 86.1 Å². The monoisotopic (exact) mass is 536 g/mol. The smallest absolute Gasteiger partial charge is 0.331 e. The molecular formula is C29H44O9. The van der Waals surface area contributed by atoms with E-state index in [1.807, 2.05) is 0 Å². The van der Waals surface area contributed by atoms with E-state index in [1.165, 1.54) is 0 Å². The number of aliphatic hydroxyl groups excluding tert-OH is 3. The first kappa shape index (κ1) is 27.1. The highest BCUT2D eigenvalue weighted by molar-refractivity contribution is 5.85. The highest BCUT2D eigenvalue weighted by Gasteiger charge is 2.70. The van der Waals surface area contributed by atoms with Gasteiger partial charge in [-0.15, -0.1) is 0 Å². The van der Waals surface area contributed by atoms with Gasteiger partial charge in [0.25, 0.3) is 0 Å². The Morgan fingerprint density at radius 2 is 1.61 bits per heavy atom. The number of carbonyl (C=O) groups is 1. The fourth-order valence-electron chi connectivity index (χ4n) is 9.80. The van der Waals surface area contributed by atoms with Crippen molar-refractivity contribution in [3.05, 3.63) is 11.6 Å². The molecule has 214 valence electrons. The first-order valence-corrected chi connectivity index (χ1v) is 14.5. The van der Waals surface area contributed by atoms with Gasteiger partial charge in [-0.05, 0) is 87.0 Å². The lowest BCUT2D eigenvalue weighted by Gasteiger charge is -2.66. The van der Waals surface area contributed by atoms with Crippen molar-refractivity contribution in [3.8, 4) is 0 Å². The predicted octanol–water partition coefficient (Wildman–Crippen LogP) is 1.57. The molecule has 0 amide bonds. The maximum atomic E-state index is 12.4. The molecule has 5 N–H and O–H groups in total. The van der Waals surface area contributed by atoms with Gasteiger partial charge in [0.05, 0.1) is 23.4 Å². The molecule has 0 radical (unpaired) electrons. The second kappa shape index (κ2) is 8.96. The Balaban J connectivity index is 1.19. The molecule has 13 atom stereocenters. The van der Waals surface area contributed by atoms with E-state index in [9.17, 15) is 30.3 Å². The van der Waals surface area contributed by atoms with Crippen molar-refractivity contribution in [2.24, 2.45) is 28.6 Å². The van der Waals surface area contributed by atoms with Crippen molar-refractivity contribution < 1.29 is 44.5 Å². The number of ether oxygens (including phenoxy) is 3. The van der Waals surface area contributed by atoms with Gasteiger partial charge < -0.3 is 39.7 Å². The normalized spacial score (nSPS) is 56.5. The summed E-state index contributed by atoms with van der Waals surface area (Å²) in [5, 5.41) is 55.1. The standard InChI is InChI=1S/C29H44O9/c1-15-22(31)23(32)24(33)25(37-15)38-17-4-8-26(2)19-5-9-27(3)18(16-12-21(30)36-14-16)7-11-29(27,35)20(19)6-10-28(26,34)13-17/h12,15,17-20,22-25,31-35H,4-11,13-14H2,1-3H3/t15-,17?,18?,19?,20?,22+,23+,24-,25+,26?,27?,28?,29?/m1/s1. The minimum atomic E-state index is -1.36. The van der Waals surface area contributed by atoms with Crippen LogP contribution in [0.2, 0.25) is 0 Å². The molecule has 5 fully saturated rings. The number of fused-ring (bicyclic) bond motifs is 5. The number of rotatable bonds is 3. The molecule has 8 unspecified atom stereocenters.